The molecule has 0 aromatic rings. The van der Waals surface area contributed by atoms with Gasteiger partial charge in [0.05, 0.1) is 6.10 Å². The molecular weight excluding hydrogens is 136 g/mol. The maximum Gasteiger partial charge on any atom is 0.0757 e. The molecule has 0 amide bonds. The Bertz CT molecular complexity index is 185. The molecule has 0 bridgehead atoms. The van der Waals surface area contributed by atoms with E-state index in [0.29, 0.717) is 5.41 Å². The molecule has 1 nitrogen and oxygen atoms in total. The van der Waals surface area contributed by atoms with Gasteiger partial charge in [-0.25, -0.2) is 0 Å². The molecule has 0 aromatic heterocycles. The zero-order valence-corrected chi connectivity index (χ0v) is 7.94. The second kappa shape index (κ2) is 2.63. The van der Waals surface area contributed by atoms with E-state index in [4.69, 9.17) is 0 Å². The molecule has 1 saturated carbocycles. The first-order valence-electron chi connectivity index (χ1n) is 4.27. The molecule has 1 heteroatoms. The van der Waals surface area contributed by atoms with Crippen molar-refractivity contribution in [3.63, 3.8) is 0 Å². The lowest BCUT2D eigenvalue weighted by atomic mass is 9.91. The number of aliphatic hydroxyl groups excluding tert-OH is 1. The van der Waals surface area contributed by atoms with Gasteiger partial charge < -0.3 is 5.11 Å². The van der Waals surface area contributed by atoms with Crippen molar-refractivity contribution in [1.29, 1.82) is 0 Å². The van der Waals surface area contributed by atoms with Crippen molar-refractivity contribution in [2.45, 2.75) is 46.6 Å². The third-order valence-corrected chi connectivity index (χ3v) is 2.46. The monoisotopic (exact) mass is 154 g/mol. The minimum Gasteiger partial charge on any atom is -0.389 e. The summed E-state index contributed by atoms with van der Waals surface area (Å²) in [6.45, 7) is 8.60. The van der Waals surface area contributed by atoms with E-state index in [1.807, 2.05) is 0 Å². The SMILES string of the molecule is CC(C)=C1CC(C)(C)CC1O. The highest BCUT2D eigenvalue weighted by Crippen LogP contribution is 2.41. The standard InChI is InChI=1S/C10H18O/c1-7(2)8-5-10(3,4)6-9(8)11/h9,11H,5-6H2,1-4H3. The van der Waals surface area contributed by atoms with E-state index in [0.717, 1.165) is 12.8 Å². The van der Waals surface area contributed by atoms with Gasteiger partial charge in [-0.15, -0.1) is 0 Å². The fraction of sp³-hybridized carbons (Fsp3) is 0.800. The van der Waals surface area contributed by atoms with Gasteiger partial charge in [0.25, 0.3) is 0 Å². The van der Waals surface area contributed by atoms with Gasteiger partial charge in [0, 0.05) is 0 Å². The number of hydrogen-bond acceptors (Lipinski definition) is 1. The average Bonchev–Trinajstić information content (AvgIpc) is 2.05. The van der Waals surface area contributed by atoms with E-state index in [1.54, 1.807) is 0 Å². The Kier molecular flexibility index (Phi) is 2.10. The Labute approximate surface area is 69.1 Å². The Balaban J connectivity index is 2.83. The van der Waals surface area contributed by atoms with E-state index in [-0.39, 0.29) is 6.10 Å². The molecule has 1 atom stereocenters. The van der Waals surface area contributed by atoms with Crippen molar-refractivity contribution in [3.05, 3.63) is 11.1 Å². The molecule has 0 aromatic carbocycles. The van der Waals surface area contributed by atoms with Crippen LogP contribution in [0.25, 0.3) is 0 Å². The minimum atomic E-state index is -0.171. The van der Waals surface area contributed by atoms with Gasteiger partial charge in [-0.2, -0.15) is 0 Å². The van der Waals surface area contributed by atoms with Crippen LogP contribution in [0.3, 0.4) is 0 Å². The van der Waals surface area contributed by atoms with Crippen molar-refractivity contribution < 1.29 is 5.11 Å². The van der Waals surface area contributed by atoms with Gasteiger partial charge in [-0.1, -0.05) is 19.4 Å². The van der Waals surface area contributed by atoms with Crippen molar-refractivity contribution in [2.24, 2.45) is 5.41 Å². The second-order valence-electron chi connectivity index (χ2n) is 4.59. The Morgan fingerprint density at radius 1 is 1.45 bits per heavy atom. The lowest BCUT2D eigenvalue weighted by Crippen LogP contribution is -2.07. The average molecular weight is 154 g/mol. The summed E-state index contributed by atoms with van der Waals surface area (Å²) in [5.41, 5.74) is 2.87. The predicted molar refractivity (Wildman–Crippen MR) is 47.4 cm³/mol. The van der Waals surface area contributed by atoms with Crippen molar-refractivity contribution >= 4 is 0 Å². The predicted octanol–water partition coefficient (Wildman–Crippen LogP) is 2.50. The third-order valence-electron chi connectivity index (χ3n) is 2.46. The van der Waals surface area contributed by atoms with Crippen LogP contribution in [0, 0.1) is 5.41 Å². The van der Waals surface area contributed by atoms with Gasteiger partial charge in [0.1, 0.15) is 0 Å². The van der Waals surface area contributed by atoms with Gasteiger partial charge in [-0.3, -0.25) is 0 Å². The molecule has 1 fully saturated rings. The van der Waals surface area contributed by atoms with Crippen LogP contribution in [0.2, 0.25) is 0 Å². The number of allylic oxidation sites excluding steroid dienone is 1. The Morgan fingerprint density at radius 2 is 2.00 bits per heavy atom. The summed E-state index contributed by atoms with van der Waals surface area (Å²) < 4.78 is 0. The molecule has 1 aliphatic rings. The molecule has 1 N–H and O–H groups in total. The van der Waals surface area contributed by atoms with Crippen LogP contribution in [0.1, 0.15) is 40.5 Å². The Hall–Kier alpha value is -0.300. The van der Waals surface area contributed by atoms with Crippen molar-refractivity contribution in [2.75, 3.05) is 0 Å². The van der Waals surface area contributed by atoms with Crippen LogP contribution >= 0.6 is 0 Å². The summed E-state index contributed by atoms with van der Waals surface area (Å²) in [4.78, 5) is 0. The molecule has 0 heterocycles. The van der Waals surface area contributed by atoms with Crippen LogP contribution in [0.4, 0.5) is 0 Å². The molecule has 0 saturated heterocycles. The summed E-state index contributed by atoms with van der Waals surface area (Å²) in [7, 11) is 0. The lowest BCUT2D eigenvalue weighted by molar-refractivity contribution is 0.189. The maximum atomic E-state index is 9.64. The number of aliphatic hydroxyl groups is 1. The summed E-state index contributed by atoms with van der Waals surface area (Å²) >= 11 is 0. The first-order valence-corrected chi connectivity index (χ1v) is 4.27. The largest absolute Gasteiger partial charge is 0.389 e. The molecular formula is C10H18O. The normalized spacial score (nSPS) is 29.2. The molecule has 11 heavy (non-hydrogen) atoms. The summed E-state index contributed by atoms with van der Waals surface area (Å²) in [6.07, 6.45) is 1.82. The van der Waals surface area contributed by atoms with Crippen LogP contribution in [0.5, 0.6) is 0 Å². The molecule has 1 aliphatic carbocycles. The quantitative estimate of drug-likeness (QED) is 0.531. The highest BCUT2D eigenvalue weighted by atomic mass is 16.3. The van der Waals surface area contributed by atoms with Crippen LogP contribution < -0.4 is 0 Å². The highest BCUT2D eigenvalue weighted by molar-refractivity contribution is 5.21. The molecule has 1 rings (SSSR count). The maximum absolute atomic E-state index is 9.64. The fourth-order valence-electron chi connectivity index (χ4n) is 1.86. The molecule has 0 radical (unpaired) electrons. The first-order chi connectivity index (χ1) is 4.92. The van der Waals surface area contributed by atoms with Crippen molar-refractivity contribution in [3.8, 4) is 0 Å². The van der Waals surface area contributed by atoms with Crippen LogP contribution in [0.15, 0.2) is 11.1 Å². The van der Waals surface area contributed by atoms with Crippen molar-refractivity contribution in [1.82, 2.24) is 0 Å². The summed E-state index contributed by atoms with van der Waals surface area (Å²) in [5.74, 6) is 0. The van der Waals surface area contributed by atoms with E-state index in [9.17, 15) is 5.11 Å². The topological polar surface area (TPSA) is 20.2 Å². The van der Waals surface area contributed by atoms with Gasteiger partial charge in [0.15, 0.2) is 0 Å². The fourth-order valence-corrected chi connectivity index (χ4v) is 1.86. The van der Waals surface area contributed by atoms with Crippen LogP contribution in [-0.4, -0.2) is 11.2 Å². The zero-order chi connectivity index (χ0) is 8.65. The minimum absolute atomic E-state index is 0.171. The summed E-state index contributed by atoms with van der Waals surface area (Å²) in [6, 6.07) is 0. The smallest absolute Gasteiger partial charge is 0.0757 e. The first kappa shape index (κ1) is 8.79. The molecule has 0 spiro atoms. The number of rotatable bonds is 0. The molecule has 0 aliphatic heterocycles. The van der Waals surface area contributed by atoms with E-state index < -0.39 is 0 Å². The van der Waals surface area contributed by atoms with E-state index in [1.165, 1.54) is 11.1 Å². The van der Waals surface area contributed by atoms with Gasteiger partial charge >= 0.3 is 0 Å². The van der Waals surface area contributed by atoms with E-state index >= 15 is 0 Å². The third kappa shape index (κ3) is 1.84. The highest BCUT2D eigenvalue weighted by Gasteiger charge is 2.33. The second-order valence-corrected chi connectivity index (χ2v) is 4.59. The summed E-state index contributed by atoms with van der Waals surface area (Å²) in [5, 5.41) is 9.64. The lowest BCUT2D eigenvalue weighted by Gasteiger charge is -2.14. The van der Waals surface area contributed by atoms with Gasteiger partial charge in [0.2, 0.25) is 0 Å². The number of hydrogen-bond donors (Lipinski definition) is 1. The van der Waals surface area contributed by atoms with E-state index in [2.05, 4.69) is 27.7 Å². The van der Waals surface area contributed by atoms with Crippen LogP contribution in [-0.2, 0) is 0 Å². The zero-order valence-electron chi connectivity index (χ0n) is 7.94. The Morgan fingerprint density at radius 3 is 2.18 bits per heavy atom. The molecule has 1 unspecified atom stereocenters. The van der Waals surface area contributed by atoms with Gasteiger partial charge in [-0.05, 0) is 37.7 Å². The molecule has 64 valence electrons.